The molecule has 1 aliphatic heterocycles. The van der Waals surface area contributed by atoms with Gasteiger partial charge in [-0.2, -0.15) is 0 Å². The number of aliphatic carboxylic acids is 1. The van der Waals surface area contributed by atoms with Gasteiger partial charge in [-0.05, 0) is 23.8 Å². The molecule has 0 aliphatic carbocycles. The lowest BCUT2D eigenvalue weighted by Gasteiger charge is -2.13. The van der Waals surface area contributed by atoms with E-state index in [1.807, 2.05) is 0 Å². The lowest BCUT2D eigenvalue weighted by atomic mass is 10.00. The summed E-state index contributed by atoms with van der Waals surface area (Å²) in [6.07, 6.45) is 3.80. The van der Waals surface area contributed by atoms with Crippen LogP contribution in [0.15, 0.2) is 24.4 Å². The van der Waals surface area contributed by atoms with Gasteiger partial charge in [0.25, 0.3) is 0 Å². The Morgan fingerprint density at radius 3 is 2.45 bits per heavy atom. The molecule has 1 aromatic heterocycles. The van der Waals surface area contributed by atoms with Crippen molar-refractivity contribution >= 4 is 29.7 Å². The minimum Gasteiger partial charge on any atom is -0.478 e. The van der Waals surface area contributed by atoms with Crippen LogP contribution in [-0.4, -0.2) is 27.9 Å². The van der Waals surface area contributed by atoms with Crippen molar-refractivity contribution in [2.24, 2.45) is 11.8 Å². The van der Waals surface area contributed by atoms with E-state index in [0.717, 1.165) is 11.0 Å². The van der Waals surface area contributed by atoms with Gasteiger partial charge in [0.1, 0.15) is 5.82 Å². The molecule has 1 aliphatic rings. The van der Waals surface area contributed by atoms with Crippen molar-refractivity contribution in [1.82, 2.24) is 4.98 Å². The molecule has 2 unspecified atom stereocenters. The summed E-state index contributed by atoms with van der Waals surface area (Å²) < 4.78 is 0. The summed E-state index contributed by atoms with van der Waals surface area (Å²) in [7, 11) is 0. The Kier molecular flexibility index (Phi) is 3.65. The van der Waals surface area contributed by atoms with E-state index in [1.54, 1.807) is 19.9 Å². The Labute approximate surface area is 115 Å². The number of aromatic nitrogens is 1. The molecule has 0 bridgehead atoms. The van der Waals surface area contributed by atoms with E-state index >= 15 is 0 Å². The number of hydrogen-bond donors (Lipinski definition) is 1. The lowest BCUT2D eigenvalue weighted by molar-refractivity contribution is -0.131. The van der Waals surface area contributed by atoms with Gasteiger partial charge in [0.15, 0.2) is 0 Å². The van der Waals surface area contributed by atoms with Gasteiger partial charge < -0.3 is 5.11 Å². The number of carboxylic acids is 1. The van der Waals surface area contributed by atoms with Crippen molar-refractivity contribution in [3.05, 3.63) is 30.0 Å². The second-order valence-corrected chi connectivity index (χ2v) is 4.71. The van der Waals surface area contributed by atoms with Crippen LogP contribution in [0.2, 0.25) is 0 Å². The summed E-state index contributed by atoms with van der Waals surface area (Å²) in [5.74, 6) is -2.16. The van der Waals surface area contributed by atoms with Crippen molar-refractivity contribution in [2.45, 2.75) is 13.8 Å². The molecule has 6 nitrogen and oxygen atoms in total. The predicted molar refractivity (Wildman–Crippen MR) is 71.7 cm³/mol. The number of carbonyl (C=O) groups excluding carboxylic acids is 2. The summed E-state index contributed by atoms with van der Waals surface area (Å²) >= 11 is 0. The van der Waals surface area contributed by atoms with Crippen LogP contribution in [0, 0.1) is 11.8 Å². The summed E-state index contributed by atoms with van der Waals surface area (Å²) in [5, 5.41) is 8.59. The number of carboxylic acid groups (broad SMARTS) is 1. The Hall–Kier alpha value is -2.50. The molecule has 0 saturated carbocycles. The molecule has 6 heteroatoms. The highest BCUT2D eigenvalue weighted by molar-refractivity contribution is 6.21. The SMILES string of the molecule is CC1C(=O)N(c2cc(/C=C/C(=O)O)ccn2)C(=O)C1C. The van der Waals surface area contributed by atoms with Crippen molar-refractivity contribution < 1.29 is 19.5 Å². The van der Waals surface area contributed by atoms with Crippen molar-refractivity contribution in [3.8, 4) is 0 Å². The average Bonchev–Trinajstić information content (AvgIpc) is 2.61. The van der Waals surface area contributed by atoms with Crippen LogP contribution in [0.4, 0.5) is 5.82 Å². The molecule has 2 heterocycles. The molecule has 20 heavy (non-hydrogen) atoms. The maximum atomic E-state index is 12.1. The largest absolute Gasteiger partial charge is 0.478 e. The first-order valence-corrected chi connectivity index (χ1v) is 6.16. The fourth-order valence-electron chi connectivity index (χ4n) is 2.00. The molecule has 104 valence electrons. The van der Waals surface area contributed by atoms with E-state index in [1.165, 1.54) is 18.3 Å². The smallest absolute Gasteiger partial charge is 0.328 e. The van der Waals surface area contributed by atoms with Gasteiger partial charge in [-0.25, -0.2) is 14.7 Å². The molecule has 2 atom stereocenters. The molecule has 1 N–H and O–H groups in total. The fourth-order valence-corrected chi connectivity index (χ4v) is 2.00. The third-order valence-electron chi connectivity index (χ3n) is 3.39. The first kappa shape index (κ1) is 13.9. The van der Waals surface area contributed by atoms with Gasteiger partial charge in [-0.1, -0.05) is 13.8 Å². The summed E-state index contributed by atoms with van der Waals surface area (Å²) in [6.45, 7) is 3.41. The highest BCUT2D eigenvalue weighted by Crippen LogP contribution is 2.29. The first-order chi connectivity index (χ1) is 9.41. The number of anilines is 1. The Morgan fingerprint density at radius 1 is 1.30 bits per heavy atom. The van der Waals surface area contributed by atoms with E-state index in [4.69, 9.17) is 5.11 Å². The number of nitrogens with zero attached hydrogens (tertiary/aromatic N) is 2. The highest BCUT2D eigenvalue weighted by Gasteiger charge is 2.43. The van der Waals surface area contributed by atoms with Gasteiger partial charge >= 0.3 is 5.97 Å². The number of pyridine rings is 1. The van der Waals surface area contributed by atoms with E-state index in [2.05, 4.69) is 4.98 Å². The number of amides is 2. The number of hydrogen-bond acceptors (Lipinski definition) is 4. The van der Waals surface area contributed by atoms with E-state index in [0.29, 0.717) is 5.56 Å². The van der Waals surface area contributed by atoms with Crippen molar-refractivity contribution in [3.63, 3.8) is 0 Å². The van der Waals surface area contributed by atoms with Crippen LogP contribution in [0.3, 0.4) is 0 Å². The van der Waals surface area contributed by atoms with Crippen LogP contribution in [0.5, 0.6) is 0 Å². The molecule has 2 amide bonds. The first-order valence-electron chi connectivity index (χ1n) is 6.16. The van der Waals surface area contributed by atoms with Crippen LogP contribution in [0.25, 0.3) is 6.08 Å². The molecule has 0 aromatic carbocycles. The number of imide groups is 1. The zero-order valence-electron chi connectivity index (χ0n) is 11.1. The summed E-state index contributed by atoms with van der Waals surface area (Å²) in [6, 6.07) is 3.11. The van der Waals surface area contributed by atoms with E-state index in [9.17, 15) is 14.4 Å². The zero-order chi connectivity index (χ0) is 14.9. The van der Waals surface area contributed by atoms with Crippen molar-refractivity contribution in [1.29, 1.82) is 0 Å². The van der Waals surface area contributed by atoms with Crippen LogP contribution in [-0.2, 0) is 14.4 Å². The van der Waals surface area contributed by atoms with Crippen LogP contribution in [0.1, 0.15) is 19.4 Å². The van der Waals surface area contributed by atoms with Gasteiger partial charge in [-0.3, -0.25) is 9.59 Å². The zero-order valence-corrected chi connectivity index (χ0v) is 11.1. The van der Waals surface area contributed by atoms with Gasteiger partial charge in [0.2, 0.25) is 11.8 Å². The fraction of sp³-hybridized carbons (Fsp3) is 0.286. The summed E-state index contributed by atoms with van der Waals surface area (Å²) in [5.41, 5.74) is 0.560. The molecule has 0 radical (unpaired) electrons. The molecule has 0 spiro atoms. The van der Waals surface area contributed by atoms with Crippen molar-refractivity contribution in [2.75, 3.05) is 4.90 Å². The average molecular weight is 274 g/mol. The van der Waals surface area contributed by atoms with Crippen LogP contribution < -0.4 is 4.90 Å². The minimum atomic E-state index is -1.07. The van der Waals surface area contributed by atoms with Gasteiger partial charge in [0, 0.05) is 24.1 Å². The maximum Gasteiger partial charge on any atom is 0.328 e. The highest BCUT2D eigenvalue weighted by atomic mass is 16.4. The standard InChI is InChI=1S/C14H14N2O4/c1-8-9(2)14(20)16(13(8)19)11-7-10(5-6-15-11)3-4-12(17)18/h3-9H,1-2H3,(H,17,18)/b4-3+. The lowest BCUT2D eigenvalue weighted by Crippen LogP contribution is -2.31. The molecule has 2 rings (SSSR count). The second-order valence-electron chi connectivity index (χ2n) is 4.71. The Bertz CT molecular complexity index is 589. The maximum absolute atomic E-state index is 12.1. The Balaban J connectivity index is 2.34. The monoisotopic (exact) mass is 274 g/mol. The Morgan fingerprint density at radius 2 is 1.90 bits per heavy atom. The van der Waals surface area contributed by atoms with E-state index < -0.39 is 5.97 Å². The minimum absolute atomic E-state index is 0.226. The molecule has 1 fully saturated rings. The van der Waals surface area contributed by atoms with Crippen LogP contribution >= 0.6 is 0 Å². The molecular weight excluding hydrogens is 260 g/mol. The number of carbonyl (C=O) groups is 3. The van der Waals surface area contributed by atoms with E-state index in [-0.39, 0.29) is 29.5 Å². The third kappa shape index (κ3) is 2.45. The third-order valence-corrected chi connectivity index (χ3v) is 3.39. The normalized spacial score (nSPS) is 22.8. The van der Waals surface area contributed by atoms with Gasteiger partial charge in [-0.15, -0.1) is 0 Å². The molecule has 1 saturated heterocycles. The topological polar surface area (TPSA) is 87.6 Å². The second kappa shape index (κ2) is 5.24. The molecular formula is C14H14N2O4. The van der Waals surface area contributed by atoms with Gasteiger partial charge in [0.05, 0.1) is 0 Å². The quantitative estimate of drug-likeness (QED) is 0.663. The summed E-state index contributed by atoms with van der Waals surface area (Å²) in [4.78, 5) is 39.7. The number of rotatable bonds is 3. The molecule has 1 aromatic rings. The predicted octanol–water partition coefficient (Wildman–Crippen LogP) is 1.32.